The van der Waals surface area contributed by atoms with Gasteiger partial charge in [-0.15, -0.1) is 0 Å². The van der Waals surface area contributed by atoms with E-state index in [9.17, 15) is 0 Å². The number of nitrogens with zero attached hydrogens (tertiary/aromatic N) is 1. The van der Waals surface area contributed by atoms with Crippen molar-refractivity contribution in [2.75, 3.05) is 0 Å². The highest BCUT2D eigenvalue weighted by molar-refractivity contribution is 6.09. The number of nitriles is 1. The van der Waals surface area contributed by atoms with Crippen LogP contribution in [0.3, 0.4) is 0 Å². The maximum Gasteiger partial charge on any atom is 0.0991 e. The zero-order chi connectivity index (χ0) is 7.56. The van der Waals surface area contributed by atoms with Crippen LogP contribution in [0.1, 0.15) is 0 Å². The lowest BCUT2D eigenvalue weighted by Gasteiger charge is -2.01. The number of rotatable bonds is 0. The molecule has 1 aliphatic rings. The smallest absolute Gasteiger partial charge is 0.0991 e. The van der Waals surface area contributed by atoms with Crippen molar-refractivity contribution in [3.05, 3.63) is 36.0 Å². The van der Waals surface area contributed by atoms with Gasteiger partial charge in [0.15, 0.2) is 0 Å². The molecule has 0 aliphatic heterocycles. The third-order valence-corrected chi connectivity index (χ3v) is 1.23. The van der Waals surface area contributed by atoms with Crippen LogP contribution < -0.4 is 0 Å². The second-order valence-corrected chi connectivity index (χ2v) is 1.98. The lowest BCUT2D eigenvalue weighted by molar-refractivity contribution is 1.46. The van der Waals surface area contributed by atoms with Gasteiger partial charge in [0.2, 0.25) is 0 Å². The van der Waals surface area contributed by atoms with E-state index in [0.717, 1.165) is 0 Å². The molecule has 0 unspecified atom stereocenters. The summed E-state index contributed by atoms with van der Waals surface area (Å²) < 4.78 is 0. The first-order valence-electron chi connectivity index (χ1n) is 2.82. The van der Waals surface area contributed by atoms with E-state index in [1.165, 1.54) is 0 Å². The molecule has 0 saturated carbocycles. The topological polar surface area (TPSA) is 47.6 Å². The van der Waals surface area contributed by atoms with E-state index in [4.69, 9.17) is 10.7 Å². The molecule has 0 saturated heterocycles. The van der Waals surface area contributed by atoms with Gasteiger partial charge in [-0.3, -0.25) is 0 Å². The van der Waals surface area contributed by atoms with Gasteiger partial charge >= 0.3 is 0 Å². The van der Waals surface area contributed by atoms with Gasteiger partial charge in [0.1, 0.15) is 0 Å². The molecule has 0 amide bonds. The van der Waals surface area contributed by atoms with Gasteiger partial charge in [-0.05, 0) is 23.8 Å². The van der Waals surface area contributed by atoms with Crippen molar-refractivity contribution in [2.45, 2.75) is 0 Å². The fourth-order valence-electron chi connectivity index (χ4n) is 0.663. The molecule has 0 spiro atoms. The SMILES string of the molecule is C=C1C=C(C#N)C=CC1=N. The van der Waals surface area contributed by atoms with Crippen molar-refractivity contribution in [3.8, 4) is 6.07 Å². The molecular weight excluding hydrogens is 124 g/mol. The van der Waals surface area contributed by atoms with Crippen LogP contribution in [0.5, 0.6) is 0 Å². The molecule has 0 atom stereocenters. The first-order valence-corrected chi connectivity index (χ1v) is 2.82. The Kier molecular flexibility index (Phi) is 1.51. The van der Waals surface area contributed by atoms with Crippen LogP contribution in [-0.2, 0) is 0 Å². The maximum absolute atomic E-state index is 8.41. The Balaban J connectivity index is 3.00. The molecule has 0 fully saturated rings. The van der Waals surface area contributed by atoms with E-state index in [1.54, 1.807) is 18.2 Å². The van der Waals surface area contributed by atoms with Crippen molar-refractivity contribution in [1.82, 2.24) is 0 Å². The summed E-state index contributed by atoms with van der Waals surface area (Å²) in [4.78, 5) is 0. The number of allylic oxidation sites excluding steroid dienone is 5. The van der Waals surface area contributed by atoms with Gasteiger partial charge in [-0.1, -0.05) is 6.58 Å². The first-order chi connectivity index (χ1) is 4.74. The second kappa shape index (κ2) is 2.32. The molecule has 2 nitrogen and oxygen atoms in total. The molecule has 10 heavy (non-hydrogen) atoms. The van der Waals surface area contributed by atoms with Crippen molar-refractivity contribution >= 4 is 5.71 Å². The highest BCUT2D eigenvalue weighted by Crippen LogP contribution is 2.09. The lowest BCUT2D eigenvalue weighted by Crippen LogP contribution is -1.97. The largest absolute Gasteiger partial charge is 0.300 e. The number of hydrogen-bond acceptors (Lipinski definition) is 2. The Labute approximate surface area is 59.3 Å². The Morgan fingerprint density at radius 2 is 2.20 bits per heavy atom. The molecule has 0 aromatic rings. The van der Waals surface area contributed by atoms with Crippen LogP contribution in [0.15, 0.2) is 36.0 Å². The molecule has 0 radical (unpaired) electrons. The molecular formula is C8H6N2. The first kappa shape index (κ1) is 6.50. The van der Waals surface area contributed by atoms with Gasteiger partial charge in [-0.2, -0.15) is 5.26 Å². The second-order valence-electron chi connectivity index (χ2n) is 1.98. The van der Waals surface area contributed by atoms with Crippen LogP contribution in [0, 0.1) is 16.7 Å². The average molecular weight is 130 g/mol. The zero-order valence-electron chi connectivity index (χ0n) is 5.39. The summed E-state index contributed by atoms with van der Waals surface area (Å²) in [6.07, 6.45) is 4.78. The van der Waals surface area contributed by atoms with Crippen molar-refractivity contribution in [1.29, 1.82) is 10.7 Å². The van der Waals surface area contributed by atoms with Crippen LogP contribution in [0.4, 0.5) is 0 Å². The zero-order valence-corrected chi connectivity index (χ0v) is 5.39. The van der Waals surface area contributed by atoms with Gasteiger partial charge in [0, 0.05) is 0 Å². The highest BCUT2D eigenvalue weighted by Gasteiger charge is 2.02. The average Bonchev–Trinajstić information content (AvgIpc) is 1.95. The van der Waals surface area contributed by atoms with Crippen molar-refractivity contribution in [3.63, 3.8) is 0 Å². The standard InChI is InChI=1S/C8H6N2/c1-6-4-7(5-9)2-3-8(6)10/h2-4,10H,1H2. The Bertz CT molecular complexity index is 287. The molecule has 1 N–H and O–H groups in total. The lowest BCUT2D eigenvalue weighted by atomic mass is 10.0. The minimum Gasteiger partial charge on any atom is -0.300 e. The summed E-state index contributed by atoms with van der Waals surface area (Å²) in [5.74, 6) is 0. The van der Waals surface area contributed by atoms with Crippen LogP contribution in [0.2, 0.25) is 0 Å². The molecule has 2 heteroatoms. The van der Waals surface area contributed by atoms with E-state index in [-0.39, 0.29) is 0 Å². The molecule has 0 aromatic carbocycles. The highest BCUT2D eigenvalue weighted by atomic mass is 14.4. The Morgan fingerprint density at radius 1 is 1.50 bits per heavy atom. The molecule has 0 bridgehead atoms. The number of nitrogens with one attached hydrogen (secondary N) is 1. The molecule has 1 aliphatic carbocycles. The fraction of sp³-hybridized carbons (Fsp3) is 0. The minimum absolute atomic E-state index is 0.374. The van der Waals surface area contributed by atoms with Gasteiger partial charge in [0.05, 0.1) is 17.4 Å². The maximum atomic E-state index is 8.41. The van der Waals surface area contributed by atoms with E-state index < -0.39 is 0 Å². The summed E-state index contributed by atoms with van der Waals surface area (Å²) in [5, 5.41) is 15.6. The summed E-state index contributed by atoms with van der Waals surface area (Å²) in [6.45, 7) is 3.59. The summed E-state index contributed by atoms with van der Waals surface area (Å²) in [7, 11) is 0. The fourth-order valence-corrected chi connectivity index (χ4v) is 0.663. The molecule has 1 rings (SSSR count). The molecule has 0 aromatic heterocycles. The minimum atomic E-state index is 0.374. The van der Waals surface area contributed by atoms with Crippen LogP contribution in [-0.4, -0.2) is 5.71 Å². The normalized spacial score (nSPS) is 16.5. The van der Waals surface area contributed by atoms with Crippen LogP contribution in [0.25, 0.3) is 0 Å². The predicted octanol–water partition coefficient (Wildman–Crippen LogP) is 1.58. The van der Waals surface area contributed by atoms with Crippen molar-refractivity contribution in [2.24, 2.45) is 0 Å². The van der Waals surface area contributed by atoms with Gasteiger partial charge < -0.3 is 5.41 Å². The summed E-state index contributed by atoms with van der Waals surface area (Å²) in [6, 6.07) is 1.97. The van der Waals surface area contributed by atoms with Crippen molar-refractivity contribution < 1.29 is 0 Å². The van der Waals surface area contributed by atoms with Crippen LogP contribution >= 0.6 is 0 Å². The molecule has 0 heterocycles. The van der Waals surface area contributed by atoms with E-state index in [1.807, 2.05) is 6.07 Å². The summed E-state index contributed by atoms with van der Waals surface area (Å²) in [5.41, 5.74) is 1.53. The predicted molar refractivity (Wildman–Crippen MR) is 39.7 cm³/mol. The third-order valence-electron chi connectivity index (χ3n) is 1.23. The Morgan fingerprint density at radius 3 is 2.70 bits per heavy atom. The van der Waals surface area contributed by atoms with Gasteiger partial charge in [0.25, 0.3) is 0 Å². The quantitative estimate of drug-likeness (QED) is 0.531. The monoisotopic (exact) mass is 130 g/mol. The number of hydrogen-bond donors (Lipinski definition) is 1. The third kappa shape index (κ3) is 1.03. The Hall–Kier alpha value is -1.62. The summed E-state index contributed by atoms with van der Waals surface area (Å²) >= 11 is 0. The molecule has 48 valence electrons. The van der Waals surface area contributed by atoms with E-state index in [2.05, 4.69) is 6.58 Å². The van der Waals surface area contributed by atoms with E-state index >= 15 is 0 Å². The van der Waals surface area contributed by atoms with Gasteiger partial charge in [-0.25, -0.2) is 0 Å². The van der Waals surface area contributed by atoms with E-state index in [0.29, 0.717) is 16.9 Å².